The summed E-state index contributed by atoms with van der Waals surface area (Å²) < 4.78 is 5.61. The van der Waals surface area contributed by atoms with Crippen LogP contribution in [0.3, 0.4) is 0 Å². The van der Waals surface area contributed by atoms with E-state index < -0.39 is 0 Å². The van der Waals surface area contributed by atoms with Gasteiger partial charge in [0.05, 0.1) is 0 Å². The maximum absolute atomic E-state index is 5.83. The van der Waals surface area contributed by atoms with Crippen LogP contribution in [0.5, 0.6) is 5.19 Å². The minimum Gasteiger partial charge on any atom is -0.464 e. The number of hydrogen-bond donors (Lipinski definition) is 1. The van der Waals surface area contributed by atoms with E-state index in [1.165, 1.54) is 11.3 Å². The van der Waals surface area contributed by atoms with Crippen molar-refractivity contribution >= 4 is 22.9 Å². The smallest absolute Gasteiger partial charge is 0.294 e. The van der Waals surface area contributed by atoms with Crippen molar-refractivity contribution in [2.24, 2.45) is 5.92 Å². The Hall–Kier alpha value is -1.17. The molecule has 0 spiro atoms. The molecule has 0 radical (unpaired) electrons. The van der Waals surface area contributed by atoms with Crippen LogP contribution in [-0.4, -0.2) is 16.7 Å². The van der Waals surface area contributed by atoms with Gasteiger partial charge in [-0.25, -0.2) is 0 Å². The highest BCUT2D eigenvalue weighted by Gasteiger charge is 2.05. The van der Waals surface area contributed by atoms with E-state index in [0.717, 1.165) is 28.7 Å². The third kappa shape index (κ3) is 5.07. The molecule has 0 saturated carbocycles. The quantitative estimate of drug-likeness (QED) is 0.850. The van der Waals surface area contributed by atoms with E-state index in [9.17, 15) is 0 Å². The van der Waals surface area contributed by atoms with Gasteiger partial charge in [0, 0.05) is 11.6 Å². The summed E-state index contributed by atoms with van der Waals surface area (Å²) in [5, 5.41) is 13.7. The van der Waals surface area contributed by atoms with Crippen LogP contribution >= 0.6 is 22.9 Å². The van der Waals surface area contributed by atoms with Crippen LogP contribution in [0.4, 0.5) is 0 Å². The lowest BCUT2D eigenvalue weighted by atomic mass is 10.2. The summed E-state index contributed by atoms with van der Waals surface area (Å²) in [6.07, 6.45) is 0. The average Bonchev–Trinajstić information content (AvgIpc) is 2.86. The lowest BCUT2D eigenvalue weighted by molar-refractivity contribution is 0.302. The van der Waals surface area contributed by atoms with Crippen molar-refractivity contribution in [2.45, 2.75) is 27.0 Å². The fourth-order valence-corrected chi connectivity index (χ4v) is 2.34. The Balaban J connectivity index is 1.79. The standard InChI is InChI=1S/C14H18ClN3OS/c1-10(2)7-16-8-13-17-18-14(20-13)19-9-11-3-5-12(15)6-4-11/h3-6,10,16H,7-9H2,1-2H3. The zero-order chi connectivity index (χ0) is 14.4. The minimum atomic E-state index is 0.477. The molecule has 6 heteroatoms. The molecular weight excluding hydrogens is 294 g/mol. The molecule has 4 nitrogen and oxygen atoms in total. The summed E-state index contributed by atoms with van der Waals surface area (Å²) in [7, 11) is 0. The summed E-state index contributed by atoms with van der Waals surface area (Å²) in [5.41, 5.74) is 1.06. The Morgan fingerprint density at radius 3 is 2.70 bits per heavy atom. The van der Waals surface area contributed by atoms with Gasteiger partial charge in [-0.3, -0.25) is 0 Å². The van der Waals surface area contributed by atoms with Gasteiger partial charge in [0.25, 0.3) is 5.19 Å². The maximum Gasteiger partial charge on any atom is 0.294 e. The third-order valence-corrected chi connectivity index (χ3v) is 3.64. The Morgan fingerprint density at radius 2 is 2.00 bits per heavy atom. The number of nitrogens with one attached hydrogen (secondary N) is 1. The first kappa shape index (κ1) is 15.2. The monoisotopic (exact) mass is 311 g/mol. The van der Waals surface area contributed by atoms with Crippen molar-refractivity contribution in [3.05, 3.63) is 39.9 Å². The van der Waals surface area contributed by atoms with Crippen LogP contribution in [-0.2, 0) is 13.2 Å². The molecule has 0 aliphatic heterocycles. The van der Waals surface area contributed by atoms with Crippen LogP contribution in [0.1, 0.15) is 24.4 Å². The van der Waals surface area contributed by atoms with E-state index in [1.807, 2.05) is 24.3 Å². The van der Waals surface area contributed by atoms with Gasteiger partial charge in [-0.1, -0.05) is 54.0 Å². The predicted octanol–water partition coefficient (Wildman–Crippen LogP) is 3.52. The topological polar surface area (TPSA) is 47.0 Å². The van der Waals surface area contributed by atoms with E-state index in [2.05, 4.69) is 29.4 Å². The van der Waals surface area contributed by atoms with Crippen molar-refractivity contribution in [3.8, 4) is 5.19 Å². The van der Waals surface area contributed by atoms with Crippen molar-refractivity contribution < 1.29 is 4.74 Å². The van der Waals surface area contributed by atoms with Crippen molar-refractivity contribution in [2.75, 3.05) is 6.54 Å². The molecule has 108 valence electrons. The van der Waals surface area contributed by atoms with Gasteiger partial charge < -0.3 is 10.1 Å². The molecule has 1 N–H and O–H groups in total. The van der Waals surface area contributed by atoms with Gasteiger partial charge in [-0.15, -0.1) is 5.10 Å². The van der Waals surface area contributed by atoms with Gasteiger partial charge in [-0.2, -0.15) is 0 Å². The molecule has 0 atom stereocenters. The first-order chi connectivity index (χ1) is 9.63. The molecule has 0 amide bonds. The molecule has 0 bridgehead atoms. The highest BCUT2D eigenvalue weighted by atomic mass is 35.5. The minimum absolute atomic E-state index is 0.477. The Labute approximate surface area is 128 Å². The fraction of sp³-hybridized carbons (Fsp3) is 0.429. The molecule has 1 aromatic carbocycles. The van der Waals surface area contributed by atoms with Crippen LogP contribution in [0, 0.1) is 5.92 Å². The first-order valence-electron chi connectivity index (χ1n) is 6.54. The van der Waals surface area contributed by atoms with Crippen LogP contribution in [0.2, 0.25) is 5.02 Å². The summed E-state index contributed by atoms with van der Waals surface area (Å²) >= 11 is 7.31. The number of halogens is 1. The number of hydrogen-bond acceptors (Lipinski definition) is 5. The molecule has 0 fully saturated rings. The largest absolute Gasteiger partial charge is 0.464 e. The third-order valence-electron chi connectivity index (χ3n) is 2.55. The van der Waals surface area contributed by atoms with Gasteiger partial charge in [-0.05, 0) is 30.2 Å². The van der Waals surface area contributed by atoms with E-state index in [-0.39, 0.29) is 0 Å². The predicted molar refractivity (Wildman–Crippen MR) is 82.2 cm³/mol. The molecule has 0 unspecified atom stereocenters. The maximum atomic E-state index is 5.83. The normalized spacial score (nSPS) is 11.0. The van der Waals surface area contributed by atoms with E-state index >= 15 is 0 Å². The molecule has 1 heterocycles. The van der Waals surface area contributed by atoms with E-state index in [1.54, 1.807) is 0 Å². The summed E-state index contributed by atoms with van der Waals surface area (Å²) in [6, 6.07) is 7.58. The average molecular weight is 312 g/mol. The molecule has 1 aromatic heterocycles. The fourth-order valence-electron chi connectivity index (χ4n) is 1.56. The number of rotatable bonds is 7. The number of ether oxygens (including phenoxy) is 1. The Bertz CT molecular complexity index is 527. The number of nitrogens with zero attached hydrogens (tertiary/aromatic N) is 2. The molecule has 20 heavy (non-hydrogen) atoms. The second-order valence-corrected chi connectivity index (χ2v) is 6.36. The van der Waals surface area contributed by atoms with E-state index in [0.29, 0.717) is 17.7 Å². The molecule has 2 rings (SSSR count). The summed E-state index contributed by atoms with van der Waals surface area (Å²) in [6.45, 7) is 6.54. The number of aromatic nitrogens is 2. The van der Waals surface area contributed by atoms with Gasteiger partial charge in [0.1, 0.15) is 11.6 Å². The molecular formula is C14H18ClN3OS. The van der Waals surface area contributed by atoms with Crippen LogP contribution in [0.15, 0.2) is 24.3 Å². The van der Waals surface area contributed by atoms with Crippen LogP contribution < -0.4 is 10.1 Å². The zero-order valence-corrected chi connectivity index (χ0v) is 13.2. The lowest BCUT2D eigenvalue weighted by Gasteiger charge is -2.04. The van der Waals surface area contributed by atoms with Gasteiger partial charge in [0.2, 0.25) is 0 Å². The first-order valence-corrected chi connectivity index (χ1v) is 7.73. The summed E-state index contributed by atoms with van der Waals surface area (Å²) in [4.78, 5) is 0. The molecule has 0 aliphatic rings. The zero-order valence-electron chi connectivity index (χ0n) is 11.6. The van der Waals surface area contributed by atoms with Crippen molar-refractivity contribution in [3.63, 3.8) is 0 Å². The number of benzene rings is 1. The SMILES string of the molecule is CC(C)CNCc1nnc(OCc2ccc(Cl)cc2)s1. The second-order valence-electron chi connectivity index (χ2n) is 4.90. The highest BCUT2D eigenvalue weighted by Crippen LogP contribution is 2.19. The molecule has 0 saturated heterocycles. The van der Waals surface area contributed by atoms with Crippen molar-refractivity contribution in [1.82, 2.24) is 15.5 Å². The highest BCUT2D eigenvalue weighted by molar-refractivity contribution is 7.13. The van der Waals surface area contributed by atoms with E-state index in [4.69, 9.17) is 16.3 Å². The lowest BCUT2D eigenvalue weighted by Crippen LogP contribution is -2.18. The van der Waals surface area contributed by atoms with Gasteiger partial charge in [0.15, 0.2) is 0 Å². The Morgan fingerprint density at radius 1 is 1.25 bits per heavy atom. The molecule has 0 aliphatic carbocycles. The second kappa shape index (κ2) is 7.57. The summed E-state index contributed by atoms with van der Waals surface area (Å²) in [5.74, 6) is 0.628. The Kier molecular flexibility index (Phi) is 5.76. The van der Waals surface area contributed by atoms with Gasteiger partial charge >= 0.3 is 0 Å². The molecule has 2 aromatic rings. The van der Waals surface area contributed by atoms with Crippen LogP contribution in [0.25, 0.3) is 0 Å². The van der Waals surface area contributed by atoms with Crippen molar-refractivity contribution in [1.29, 1.82) is 0 Å².